The van der Waals surface area contributed by atoms with E-state index in [0.29, 0.717) is 0 Å². The predicted molar refractivity (Wildman–Crippen MR) is 65.2 cm³/mol. The van der Waals surface area contributed by atoms with Crippen LogP contribution in [0.15, 0.2) is 9.95 Å². The number of nitrogens with two attached hydrogens (primary N) is 1. The van der Waals surface area contributed by atoms with Crippen LogP contribution in [0.4, 0.5) is 0 Å². The van der Waals surface area contributed by atoms with Crippen molar-refractivity contribution in [2.75, 3.05) is 19.9 Å². The summed E-state index contributed by atoms with van der Waals surface area (Å²) >= 11 is 1.10. The summed E-state index contributed by atoms with van der Waals surface area (Å²) in [7, 11) is 3.32. The second-order valence-electron chi connectivity index (χ2n) is 3.74. The molecule has 7 nitrogen and oxygen atoms in total. The molecule has 94 valence electrons. The molecule has 1 aromatic heterocycles. The molecule has 0 aliphatic rings. The van der Waals surface area contributed by atoms with E-state index in [-0.39, 0.29) is 22.0 Å². The van der Waals surface area contributed by atoms with Crippen LogP contribution in [-0.2, 0) is 4.79 Å². The predicted octanol–water partition coefficient (Wildman–Crippen LogP) is -0.771. The van der Waals surface area contributed by atoms with Gasteiger partial charge in [-0.3, -0.25) is 9.59 Å². The molecular weight excluding hydrogens is 242 g/mol. The molecule has 0 fully saturated rings. The number of thioether (sulfide) groups is 1. The molecule has 0 radical (unpaired) electrons. The Morgan fingerprint density at radius 2 is 2.06 bits per heavy atom. The van der Waals surface area contributed by atoms with E-state index in [1.807, 2.05) is 0 Å². The van der Waals surface area contributed by atoms with Crippen molar-refractivity contribution in [2.24, 2.45) is 0 Å². The molecule has 0 unspecified atom stereocenters. The highest BCUT2D eigenvalue weighted by molar-refractivity contribution is 8.00. The van der Waals surface area contributed by atoms with Gasteiger partial charge in [0, 0.05) is 14.1 Å². The van der Waals surface area contributed by atoms with E-state index in [2.05, 4.69) is 10.2 Å². The summed E-state index contributed by atoms with van der Waals surface area (Å²) < 4.78 is 0.909. The third-order valence-electron chi connectivity index (χ3n) is 2.09. The molecule has 0 bridgehead atoms. The Bertz CT molecular complexity index is 485. The largest absolute Gasteiger partial charge is 0.348 e. The number of carbonyl (C=O) groups excluding carboxylic acids is 1. The van der Waals surface area contributed by atoms with Crippen LogP contribution in [0.1, 0.15) is 12.6 Å². The number of aryl methyl sites for hydroxylation is 1. The van der Waals surface area contributed by atoms with Crippen LogP contribution in [0.5, 0.6) is 0 Å². The van der Waals surface area contributed by atoms with Gasteiger partial charge in [0.05, 0.1) is 5.25 Å². The van der Waals surface area contributed by atoms with Crippen molar-refractivity contribution in [3.63, 3.8) is 0 Å². The fourth-order valence-corrected chi connectivity index (χ4v) is 2.03. The van der Waals surface area contributed by atoms with Crippen LogP contribution in [0.25, 0.3) is 0 Å². The van der Waals surface area contributed by atoms with Crippen molar-refractivity contribution in [3.05, 3.63) is 16.0 Å². The Labute approximate surface area is 103 Å². The number of nitrogens with zero attached hydrogens (tertiary/aromatic N) is 4. The molecule has 1 rings (SSSR count). The van der Waals surface area contributed by atoms with Gasteiger partial charge in [-0.1, -0.05) is 11.8 Å². The minimum absolute atomic E-state index is 0.0789. The molecule has 0 aliphatic carbocycles. The van der Waals surface area contributed by atoms with E-state index in [4.69, 9.17) is 5.84 Å². The van der Waals surface area contributed by atoms with Crippen molar-refractivity contribution in [2.45, 2.75) is 24.3 Å². The number of carbonyl (C=O) groups is 1. The maximum atomic E-state index is 11.6. The monoisotopic (exact) mass is 257 g/mol. The van der Waals surface area contributed by atoms with Gasteiger partial charge < -0.3 is 10.7 Å². The highest BCUT2D eigenvalue weighted by atomic mass is 32.2. The second-order valence-corrected chi connectivity index (χ2v) is 5.04. The number of amides is 1. The molecule has 17 heavy (non-hydrogen) atoms. The van der Waals surface area contributed by atoms with Gasteiger partial charge in [-0.05, 0) is 13.8 Å². The highest BCUT2D eigenvalue weighted by Crippen LogP contribution is 2.19. The van der Waals surface area contributed by atoms with Crippen LogP contribution < -0.4 is 11.4 Å². The summed E-state index contributed by atoms with van der Waals surface area (Å²) in [4.78, 5) is 24.6. The molecule has 0 aromatic carbocycles. The number of aromatic nitrogens is 3. The molecule has 0 spiro atoms. The minimum atomic E-state index is -0.410. The van der Waals surface area contributed by atoms with Crippen molar-refractivity contribution < 1.29 is 4.79 Å². The van der Waals surface area contributed by atoms with E-state index in [1.54, 1.807) is 21.0 Å². The fourth-order valence-electron chi connectivity index (χ4n) is 1.12. The Balaban J connectivity index is 2.94. The highest BCUT2D eigenvalue weighted by Gasteiger charge is 2.19. The van der Waals surface area contributed by atoms with Crippen LogP contribution in [0.3, 0.4) is 0 Å². The van der Waals surface area contributed by atoms with E-state index in [1.165, 1.54) is 11.8 Å². The molecule has 1 heterocycles. The van der Waals surface area contributed by atoms with Gasteiger partial charge in [-0.25, -0.2) is 0 Å². The van der Waals surface area contributed by atoms with E-state index >= 15 is 0 Å². The lowest BCUT2D eigenvalue weighted by atomic mass is 10.4. The SMILES string of the molecule is Cc1nnc(S[C@H](C)C(=O)N(C)C)n(N)c1=O. The maximum Gasteiger partial charge on any atom is 0.294 e. The summed E-state index contributed by atoms with van der Waals surface area (Å²) in [6.45, 7) is 3.25. The number of hydrogen-bond donors (Lipinski definition) is 1. The van der Waals surface area contributed by atoms with E-state index in [9.17, 15) is 9.59 Å². The van der Waals surface area contributed by atoms with Crippen LogP contribution in [0.2, 0.25) is 0 Å². The zero-order valence-electron chi connectivity index (χ0n) is 10.2. The molecular formula is C9H15N5O2S. The average molecular weight is 257 g/mol. The fraction of sp³-hybridized carbons (Fsp3) is 0.556. The average Bonchev–Trinajstić information content (AvgIpc) is 2.28. The van der Waals surface area contributed by atoms with Crippen molar-refractivity contribution in [3.8, 4) is 0 Å². The Morgan fingerprint density at radius 1 is 1.47 bits per heavy atom. The van der Waals surface area contributed by atoms with Crippen LogP contribution >= 0.6 is 11.8 Å². The third kappa shape index (κ3) is 2.96. The molecule has 0 saturated carbocycles. The maximum absolute atomic E-state index is 11.6. The molecule has 8 heteroatoms. The van der Waals surface area contributed by atoms with Gasteiger partial charge in [0.25, 0.3) is 5.56 Å². The summed E-state index contributed by atoms with van der Waals surface area (Å²) in [5, 5.41) is 7.33. The number of hydrogen-bond acceptors (Lipinski definition) is 6. The molecule has 0 saturated heterocycles. The third-order valence-corrected chi connectivity index (χ3v) is 3.14. The second kappa shape index (κ2) is 5.17. The lowest BCUT2D eigenvalue weighted by Gasteiger charge is -2.16. The summed E-state index contributed by atoms with van der Waals surface area (Å²) in [6, 6.07) is 0. The summed E-state index contributed by atoms with van der Waals surface area (Å²) in [5.41, 5.74) is -0.185. The lowest BCUT2D eigenvalue weighted by Crippen LogP contribution is -2.34. The standard InChI is InChI=1S/C9H15N5O2S/c1-5-7(15)14(10)9(12-11-5)17-6(2)8(16)13(3)4/h6H,10H2,1-4H3/t6-/m1/s1. The van der Waals surface area contributed by atoms with Gasteiger partial charge in [-0.15, -0.1) is 10.2 Å². The quantitative estimate of drug-likeness (QED) is 0.564. The molecule has 0 aliphatic heterocycles. The first-order valence-electron chi connectivity index (χ1n) is 4.93. The molecule has 1 atom stereocenters. The van der Waals surface area contributed by atoms with Crippen molar-refractivity contribution in [1.82, 2.24) is 19.8 Å². The van der Waals surface area contributed by atoms with E-state index in [0.717, 1.165) is 16.4 Å². The van der Waals surface area contributed by atoms with Gasteiger partial charge in [0.1, 0.15) is 5.69 Å². The summed E-state index contributed by atoms with van der Waals surface area (Å²) in [6.07, 6.45) is 0. The molecule has 1 aromatic rings. The van der Waals surface area contributed by atoms with E-state index < -0.39 is 5.56 Å². The van der Waals surface area contributed by atoms with Gasteiger partial charge in [0.2, 0.25) is 11.1 Å². The smallest absolute Gasteiger partial charge is 0.294 e. The van der Waals surface area contributed by atoms with Crippen LogP contribution in [0, 0.1) is 6.92 Å². The topological polar surface area (TPSA) is 94.1 Å². The van der Waals surface area contributed by atoms with Crippen molar-refractivity contribution >= 4 is 17.7 Å². The first-order valence-corrected chi connectivity index (χ1v) is 5.81. The normalized spacial score (nSPS) is 12.2. The number of nitrogen functional groups attached to an aromatic ring is 1. The van der Waals surface area contributed by atoms with Crippen molar-refractivity contribution in [1.29, 1.82) is 0 Å². The first kappa shape index (κ1) is 13.5. The van der Waals surface area contributed by atoms with Gasteiger partial charge in [-0.2, -0.15) is 4.68 Å². The Kier molecular flexibility index (Phi) is 4.11. The Hall–Kier alpha value is -1.57. The summed E-state index contributed by atoms with van der Waals surface area (Å²) in [5.74, 6) is 5.49. The first-order chi connectivity index (χ1) is 7.84. The molecule has 1 amide bonds. The number of rotatable bonds is 3. The van der Waals surface area contributed by atoms with Gasteiger partial charge in [0.15, 0.2) is 0 Å². The minimum Gasteiger partial charge on any atom is -0.348 e. The lowest BCUT2D eigenvalue weighted by molar-refractivity contribution is -0.127. The molecule has 2 N–H and O–H groups in total. The Morgan fingerprint density at radius 3 is 2.59 bits per heavy atom. The van der Waals surface area contributed by atoms with Crippen LogP contribution in [-0.4, -0.2) is 45.0 Å². The zero-order valence-corrected chi connectivity index (χ0v) is 11.0. The van der Waals surface area contributed by atoms with Gasteiger partial charge >= 0.3 is 0 Å². The zero-order chi connectivity index (χ0) is 13.2.